The van der Waals surface area contributed by atoms with Crippen LogP contribution in [0.25, 0.3) is 0 Å². The van der Waals surface area contributed by atoms with Gasteiger partial charge in [0, 0.05) is 19.3 Å². The van der Waals surface area contributed by atoms with Crippen molar-refractivity contribution in [2.75, 3.05) is 19.8 Å². The van der Waals surface area contributed by atoms with Crippen molar-refractivity contribution in [2.45, 2.75) is 12.8 Å². The van der Waals surface area contributed by atoms with Crippen LogP contribution < -0.4 is 4.74 Å². The van der Waals surface area contributed by atoms with E-state index in [9.17, 15) is 4.39 Å². The molecule has 0 aliphatic carbocycles. The van der Waals surface area contributed by atoms with E-state index in [0.29, 0.717) is 18.3 Å². The Kier molecular flexibility index (Phi) is 3.56. The summed E-state index contributed by atoms with van der Waals surface area (Å²) in [6, 6.07) is 6.28. The minimum atomic E-state index is -0.250. The fraction of sp³-hybridized carbons (Fsp3) is 0.500. The smallest absolute Gasteiger partial charge is 0.126 e. The van der Waals surface area contributed by atoms with Crippen LogP contribution in [-0.2, 0) is 4.74 Å². The molecule has 1 aromatic rings. The number of benzene rings is 1. The Labute approximate surface area is 89.0 Å². The van der Waals surface area contributed by atoms with Gasteiger partial charge in [-0.1, -0.05) is 6.07 Å². The molecule has 0 radical (unpaired) electrons. The molecule has 1 aliphatic heterocycles. The van der Waals surface area contributed by atoms with Gasteiger partial charge in [-0.2, -0.15) is 0 Å². The van der Waals surface area contributed by atoms with Crippen LogP contribution in [0.4, 0.5) is 4.39 Å². The quantitative estimate of drug-likeness (QED) is 0.763. The lowest BCUT2D eigenvalue weighted by molar-refractivity contribution is 0.0497. The zero-order chi connectivity index (χ0) is 10.5. The molecule has 0 unspecified atom stereocenters. The van der Waals surface area contributed by atoms with Gasteiger partial charge in [0.2, 0.25) is 0 Å². The van der Waals surface area contributed by atoms with Crippen LogP contribution in [-0.4, -0.2) is 19.8 Å². The Morgan fingerprint density at radius 2 is 2.13 bits per heavy atom. The van der Waals surface area contributed by atoms with Crippen LogP contribution in [0, 0.1) is 11.7 Å². The molecule has 0 aromatic heterocycles. The van der Waals surface area contributed by atoms with Crippen molar-refractivity contribution in [3.05, 3.63) is 30.1 Å². The lowest BCUT2D eigenvalue weighted by Crippen LogP contribution is -2.21. The number of hydrogen-bond acceptors (Lipinski definition) is 2. The van der Waals surface area contributed by atoms with Gasteiger partial charge in [-0.15, -0.1) is 0 Å². The lowest BCUT2D eigenvalue weighted by atomic mass is 10.0. The molecule has 0 saturated carbocycles. The van der Waals surface area contributed by atoms with Crippen molar-refractivity contribution in [1.82, 2.24) is 0 Å². The summed E-state index contributed by atoms with van der Waals surface area (Å²) in [5, 5.41) is 0. The predicted octanol–water partition coefficient (Wildman–Crippen LogP) is 2.63. The molecule has 0 atom stereocenters. The Morgan fingerprint density at radius 1 is 1.33 bits per heavy atom. The summed E-state index contributed by atoms with van der Waals surface area (Å²) >= 11 is 0. The molecule has 1 fully saturated rings. The molecule has 0 spiro atoms. The van der Waals surface area contributed by atoms with E-state index in [1.165, 1.54) is 12.1 Å². The van der Waals surface area contributed by atoms with Gasteiger partial charge in [-0.25, -0.2) is 4.39 Å². The van der Waals surface area contributed by atoms with Crippen LogP contribution >= 0.6 is 0 Å². The Balaban J connectivity index is 1.81. The largest absolute Gasteiger partial charge is 0.493 e. The third kappa shape index (κ3) is 3.20. The predicted molar refractivity (Wildman–Crippen MR) is 55.4 cm³/mol. The number of halogens is 1. The van der Waals surface area contributed by atoms with E-state index >= 15 is 0 Å². The molecule has 0 amide bonds. The third-order valence-electron chi connectivity index (χ3n) is 2.62. The SMILES string of the molecule is Fc1cccc(OCC2CCOCC2)c1. The van der Waals surface area contributed by atoms with E-state index in [-0.39, 0.29) is 5.82 Å². The second-order valence-corrected chi connectivity index (χ2v) is 3.82. The summed E-state index contributed by atoms with van der Waals surface area (Å²) < 4.78 is 23.6. The second-order valence-electron chi connectivity index (χ2n) is 3.82. The Morgan fingerprint density at radius 3 is 2.87 bits per heavy atom. The average Bonchev–Trinajstić information content (AvgIpc) is 2.28. The van der Waals surface area contributed by atoms with Gasteiger partial charge in [-0.3, -0.25) is 0 Å². The molecule has 1 heterocycles. The number of hydrogen-bond donors (Lipinski definition) is 0. The minimum Gasteiger partial charge on any atom is -0.493 e. The Bertz CT molecular complexity index is 308. The maximum absolute atomic E-state index is 12.8. The van der Waals surface area contributed by atoms with Crippen molar-refractivity contribution in [2.24, 2.45) is 5.92 Å². The molecule has 1 saturated heterocycles. The average molecular weight is 210 g/mol. The van der Waals surface area contributed by atoms with Crippen LogP contribution in [0.15, 0.2) is 24.3 Å². The molecule has 15 heavy (non-hydrogen) atoms. The van der Waals surface area contributed by atoms with Crippen LogP contribution in [0.2, 0.25) is 0 Å². The lowest BCUT2D eigenvalue weighted by Gasteiger charge is -2.22. The zero-order valence-corrected chi connectivity index (χ0v) is 8.62. The molecule has 82 valence electrons. The van der Waals surface area contributed by atoms with Gasteiger partial charge in [0.1, 0.15) is 11.6 Å². The van der Waals surface area contributed by atoms with Gasteiger partial charge in [0.25, 0.3) is 0 Å². The first-order valence-electron chi connectivity index (χ1n) is 5.31. The summed E-state index contributed by atoms with van der Waals surface area (Å²) in [5.41, 5.74) is 0. The van der Waals surface area contributed by atoms with E-state index in [0.717, 1.165) is 26.1 Å². The highest BCUT2D eigenvalue weighted by Gasteiger charge is 2.14. The van der Waals surface area contributed by atoms with E-state index in [4.69, 9.17) is 9.47 Å². The third-order valence-corrected chi connectivity index (χ3v) is 2.62. The normalized spacial score (nSPS) is 17.7. The highest BCUT2D eigenvalue weighted by Crippen LogP contribution is 2.18. The van der Waals surface area contributed by atoms with Crippen LogP contribution in [0.3, 0.4) is 0 Å². The fourth-order valence-corrected chi connectivity index (χ4v) is 1.68. The van der Waals surface area contributed by atoms with Crippen molar-refractivity contribution < 1.29 is 13.9 Å². The molecule has 1 aromatic carbocycles. The van der Waals surface area contributed by atoms with Crippen molar-refractivity contribution in [3.63, 3.8) is 0 Å². The second kappa shape index (κ2) is 5.12. The van der Waals surface area contributed by atoms with E-state index in [1.807, 2.05) is 0 Å². The summed E-state index contributed by atoms with van der Waals surface area (Å²) in [7, 11) is 0. The van der Waals surface area contributed by atoms with E-state index in [2.05, 4.69) is 0 Å². The van der Waals surface area contributed by atoms with E-state index < -0.39 is 0 Å². The summed E-state index contributed by atoms with van der Waals surface area (Å²) in [4.78, 5) is 0. The van der Waals surface area contributed by atoms with E-state index in [1.54, 1.807) is 12.1 Å². The molecule has 1 aliphatic rings. The van der Waals surface area contributed by atoms with Crippen LogP contribution in [0.1, 0.15) is 12.8 Å². The highest BCUT2D eigenvalue weighted by atomic mass is 19.1. The van der Waals surface area contributed by atoms with Crippen molar-refractivity contribution >= 4 is 0 Å². The molecular formula is C12H15FO2. The van der Waals surface area contributed by atoms with Crippen molar-refractivity contribution in [3.8, 4) is 5.75 Å². The zero-order valence-electron chi connectivity index (χ0n) is 8.62. The molecular weight excluding hydrogens is 195 g/mol. The topological polar surface area (TPSA) is 18.5 Å². The first-order valence-corrected chi connectivity index (χ1v) is 5.31. The number of ether oxygens (including phenoxy) is 2. The number of rotatable bonds is 3. The first-order chi connectivity index (χ1) is 7.34. The van der Waals surface area contributed by atoms with Gasteiger partial charge < -0.3 is 9.47 Å². The van der Waals surface area contributed by atoms with Crippen molar-refractivity contribution in [1.29, 1.82) is 0 Å². The molecule has 3 heteroatoms. The molecule has 2 rings (SSSR count). The van der Waals surface area contributed by atoms with Gasteiger partial charge in [0.05, 0.1) is 6.61 Å². The first kappa shape index (κ1) is 10.4. The monoisotopic (exact) mass is 210 g/mol. The summed E-state index contributed by atoms with van der Waals surface area (Å²) in [6.45, 7) is 2.29. The highest BCUT2D eigenvalue weighted by molar-refractivity contribution is 5.22. The minimum absolute atomic E-state index is 0.250. The van der Waals surface area contributed by atoms with Gasteiger partial charge >= 0.3 is 0 Å². The maximum Gasteiger partial charge on any atom is 0.126 e. The fourth-order valence-electron chi connectivity index (χ4n) is 1.68. The molecule has 0 bridgehead atoms. The van der Waals surface area contributed by atoms with Crippen LogP contribution in [0.5, 0.6) is 5.75 Å². The van der Waals surface area contributed by atoms with Gasteiger partial charge in [-0.05, 0) is 30.9 Å². The Hall–Kier alpha value is -1.09. The molecule has 0 N–H and O–H groups in total. The van der Waals surface area contributed by atoms with Gasteiger partial charge in [0.15, 0.2) is 0 Å². The summed E-state index contributed by atoms with van der Waals surface area (Å²) in [5.74, 6) is 0.906. The summed E-state index contributed by atoms with van der Waals surface area (Å²) in [6.07, 6.45) is 2.07. The standard InChI is InChI=1S/C12H15FO2/c13-11-2-1-3-12(8-11)15-9-10-4-6-14-7-5-10/h1-3,8,10H,4-7,9H2. The maximum atomic E-state index is 12.8. The molecule has 2 nitrogen and oxygen atoms in total.